The van der Waals surface area contributed by atoms with Gasteiger partial charge in [-0.05, 0) is 49.2 Å². The van der Waals surface area contributed by atoms with Gasteiger partial charge in [-0.3, -0.25) is 14.5 Å². The molecule has 0 unspecified atom stereocenters. The van der Waals surface area contributed by atoms with Gasteiger partial charge >= 0.3 is 0 Å². The molecule has 1 heterocycles. The van der Waals surface area contributed by atoms with Gasteiger partial charge in [-0.15, -0.1) is 0 Å². The number of anilines is 1. The molecule has 146 valence electrons. The highest BCUT2D eigenvalue weighted by atomic mass is 35.5. The minimum absolute atomic E-state index is 0.154. The molecule has 0 fully saturated rings. The highest BCUT2D eigenvalue weighted by molar-refractivity contribution is 6.41. The van der Waals surface area contributed by atoms with Gasteiger partial charge in [0.15, 0.2) is 0 Å². The summed E-state index contributed by atoms with van der Waals surface area (Å²) < 4.78 is 5.04. The molecule has 2 aromatic carbocycles. The summed E-state index contributed by atoms with van der Waals surface area (Å²) in [6, 6.07) is 10.7. The molecule has 0 atom stereocenters. The van der Waals surface area contributed by atoms with Crippen LogP contribution in [0.2, 0.25) is 10.0 Å². The number of hydrogen-bond acceptors (Lipinski definition) is 4. The van der Waals surface area contributed by atoms with Gasteiger partial charge in [0.25, 0.3) is 11.8 Å². The molecule has 0 saturated heterocycles. The van der Waals surface area contributed by atoms with Crippen molar-refractivity contribution in [2.24, 2.45) is 0 Å². The van der Waals surface area contributed by atoms with Gasteiger partial charge in [0.1, 0.15) is 5.70 Å². The lowest BCUT2D eigenvalue weighted by molar-refractivity contribution is -0.137. The van der Waals surface area contributed by atoms with E-state index in [2.05, 4.69) is 5.32 Å². The van der Waals surface area contributed by atoms with Crippen LogP contribution in [0.5, 0.6) is 0 Å². The van der Waals surface area contributed by atoms with Crippen molar-refractivity contribution < 1.29 is 14.3 Å². The molecule has 1 aliphatic rings. The maximum Gasteiger partial charge on any atom is 0.278 e. The van der Waals surface area contributed by atoms with Gasteiger partial charge in [-0.25, -0.2) is 0 Å². The van der Waals surface area contributed by atoms with E-state index in [-0.39, 0.29) is 24.4 Å². The Morgan fingerprint density at radius 2 is 1.68 bits per heavy atom. The van der Waals surface area contributed by atoms with Crippen LogP contribution in [0.4, 0.5) is 5.69 Å². The number of nitrogens with zero attached hydrogens (tertiary/aromatic N) is 1. The molecule has 0 bridgehead atoms. The number of benzene rings is 2. The van der Waals surface area contributed by atoms with Crippen LogP contribution in [0.15, 0.2) is 42.1 Å². The number of nitrogens with one attached hydrogen (secondary N) is 1. The first-order valence-electron chi connectivity index (χ1n) is 8.72. The van der Waals surface area contributed by atoms with Crippen molar-refractivity contribution in [3.8, 4) is 0 Å². The zero-order chi connectivity index (χ0) is 20.4. The summed E-state index contributed by atoms with van der Waals surface area (Å²) in [6.45, 7) is 4.34. The Hall–Kier alpha value is -2.34. The molecule has 2 amide bonds. The summed E-state index contributed by atoms with van der Waals surface area (Å²) >= 11 is 12.3. The number of carbonyl (C=O) groups is 2. The summed E-state index contributed by atoms with van der Waals surface area (Å²) in [5, 5.41) is 3.89. The van der Waals surface area contributed by atoms with Crippen LogP contribution in [0, 0.1) is 13.8 Å². The van der Waals surface area contributed by atoms with Crippen molar-refractivity contribution in [1.82, 2.24) is 4.90 Å². The second-order valence-electron chi connectivity index (χ2n) is 6.63. The Morgan fingerprint density at radius 1 is 1.00 bits per heavy atom. The summed E-state index contributed by atoms with van der Waals surface area (Å²) in [7, 11) is 1.52. The topological polar surface area (TPSA) is 58.6 Å². The van der Waals surface area contributed by atoms with Gasteiger partial charge in [0.2, 0.25) is 0 Å². The zero-order valence-electron chi connectivity index (χ0n) is 15.8. The van der Waals surface area contributed by atoms with E-state index in [0.717, 1.165) is 21.7 Å². The minimum Gasteiger partial charge on any atom is -0.383 e. The van der Waals surface area contributed by atoms with Crippen LogP contribution in [-0.2, 0) is 14.3 Å². The standard InChI is InChI=1S/C21H20Cl2N2O3/c1-12-8-13(2)10-15(9-12)24-19-18(16-5-4-14(22)11-17(16)23)20(26)25(21(19)27)6-7-28-3/h4-5,8-11,24H,6-7H2,1-3H3. The number of hydrogen-bond donors (Lipinski definition) is 1. The molecule has 0 aliphatic carbocycles. The van der Waals surface area contributed by atoms with Gasteiger partial charge in [0, 0.05) is 23.4 Å². The largest absolute Gasteiger partial charge is 0.383 e. The molecule has 7 heteroatoms. The lowest BCUT2D eigenvalue weighted by Gasteiger charge is -2.14. The Kier molecular flexibility index (Phi) is 6.08. The number of ether oxygens (including phenoxy) is 1. The Bertz CT molecular complexity index is 965. The lowest BCUT2D eigenvalue weighted by Crippen LogP contribution is -2.35. The molecular weight excluding hydrogens is 399 g/mol. The van der Waals surface area contributed by atoms with Gasteiger partial charge in [-0.2, -0.15) is 0 Å². The molecule has 2 aromatic rings. The van der Waals surface area contributed by atoms with E-state index in [9.17, 15) is 9.59 Å². The van der Waals surface area contributed by atoms with E-state index < -0.39 is 11.8 Å². The molecule has 3 rings (SSSR count). The van der Waals surface area contributed by atoms with Crippen molar-refractivity contribution >= 4 is 46.3 Å². The first-order chi connectivity index (χ1) is 13.3. The van der Waals surface area contributed by atoms with Crippen LogP contribution < -0.4 is 5.32 Å². The summed E-state index contributed by atoms with van der Waals surface area (Å²) in [6.07, 6.45) is 0. The summed E-state index contributed by atoms with van der Waals surface area (Å²) in [5.74, 6) is -0.833. The SMILES string of the molecule is COCCN1C(=O)C(Nc2cc(C)cc(C)c2)=C(c2ccc(Cl)cc2Cl)C1=O. The fourth-order valence-electron chi connectivity index (χ4n) is 3.21. The van der Waals surface area contributed by atoms with Crippen LogP contribution >= 0.6 is 23.2 Å². The van der Waals surface area contributed by atoms with Crippen LogP contribution in [0.1, 0.15) is 16.7 Å². The number of amides is 2. The molecule has 0 aromatic heterocycles. The van der Waals surface area contributed by atoms with Crippen LogP contribution in [0.25, 0.3) is 5.57 Å². The lowest BCUT2D eigenvalue weighted by atomic mass is 10.0. The van der Waals surface area contributed by atoms with E-state index in [1.807, 2.05) is 32.0 Å². The second-order valence-corrected chi connectivity index (χ2v) is 7.47. The van der Waals surface area contributed by atoms with Crippen molar-refractivity contribution in [2.75, 3.05) is 25.6 Å². The third kappa shape index (κ3) is 4.07. The first-order valence-corrected chi connectivity index (χ1v) is 9.47. The number of carbonyl (C=O) groups excluding carboxylic acids is 2. The zero-order valence-corrected chi connectivity index (χ0v) is 17.3. The normalized spacial score (nSPS) is 14.2. The fourth-order valence-corrected chi connectivity index (χ4v) is 3.71. The number of rotatable bonds is 6. The number of halogens is 2. The predicted octanol–water partition coefficient (Wildman–Crippen LogP) is 4.45. The van der Waals surface area contributed by atoms with Gasteiger partial charge in [0.05, 0.1) is 23.7 Å². The number of imide groups is 1. The van der Waals surface area contributed by atoms with E-state index >= 15 is 0 Å². The molecule has 0 radical (unpaired) electrons. The average Bonchev–Trinajstić information content (AvgIpc) is 2.83. The van der Waals surface area contributed by atoms with Crippen molar-refractivity contribution in [3.63, 3.8) is 0 Å². The molecule has 5 nitrogen and oxygen atoms in total. The van der Waals surface area contributed by atoms with Crippen molar-refractivity contribution in [2.45, 2.75) is 13.8 Å². The van der Waals surface area contributed by atoms with Crippen molar-refractivity contribution in [1.29, 1.82) is 0 Å². The maximum absolute atomic E-state index is 13.1. The molecule has 1 N–H and O–H groups in total. The monoisotopic (exact) mass is 418 g/mol. The number of methoxy groups -OCH3 is 1. The predicted molar refractivity (Wildman–Crippen MR) is 112 cm³/mol. The van der Waals surface area contributed by atoms with E-state index in [0.29, 0.717) is 15.6 Å². The maximum atomic E-state index is 13.1. The third-order valence-corrected chi connectivity index (χ3v) is 4.93. The Labute approximate surface area is 173 Å². The fraction of sp³-hybridized carbons (Fsp3) is 0.238. The molecular formula is C21H20Cl2N2O3. The second kappa shape index (κ2) is 8.35. The Balaban J connectivity index is 2.10. The van der Waals surface area contributed by atoms with Crippen molar-refractivity contribution in [3.05, 3.63) is 68.8 Å². The smallest absolute Gasteiger partial charge is 0.278 e. The highest BCUT2D eigenvalue weighted by Gasteiger charge is 2.39. The average molecular weight is 419 g/mol. The van der Waals surface area contributed by atoms with Crippen LogP contribution in [-0.4, -0.2) is 37.0 Å². The quantitative estimate of drug-likeness (QED) is 0.703. The molecule has 1 aliphatic heterocycles. The minimum atomic E-state index is -0.418. The molecule has 0 saturated carbocycles. The first kappa shape index (κ1) is 20.4. The summed E-state index contributed by atoms with van der Waals surface area (Å²) in [5.41, 5.74) is 3.68. The number of aryl methyl sites for hydroxylation is 2. The van der Waals surface area contributed by atoms with E-state index in [1.54, 1.807) is 18.2 Å². The van der Waals surface area contributed by atoms with E-state index in [1.165, 1.54) is 7.11 Å². The summed E-state index contributed by atoms with van der Waals surface area (Å²) in [4.78, 5) is 27.2. The molecule has 0 spiro atoms. The highest BCUT2D eigenvalue weighted by Crippen LogP contribution is 2.35. The van der Waals surface area contributed by atoms with Gasteiger partial charge < -0.3 is 10.1 Å². The van der Waals surface area contributed by atoms with E-state index in [4.69, 9.17) is 27.9 Å². The van der Waals surface area contributed by atoms with Crippen LogP contribution in [0.3, 0.4) is 0 Å². The Morgan fingerprint density at radius 3 is 2.29 bits per heavy atom. The third-order valence-electron chi connectivity index (χ3n) is 4.38. The molecule has 28 heavy (non-hydrogen) atoms. The van der Waals surface area contributed by atoms with Gasteiger partial charge in [-0.1, -0.05) is 35.3 Å².